The molecule has 1 aromatic carbocycles. The summed E-state index contributed by atoms with van der Waals surface area (Å²) in [4.78, 5) is 0. The minimum absolute atomic E-state index is 0.760. The second-order valence-electron chi connectivity index (χ2n) is 4.16. The van der Waals surface area contributed by atoms with Gasteiger partial charge in [0.05, 0.1) is 0 Å². The van der Waals surface area contributed by atoms with Gasteiger partial charge in [-0.25, -0.2) is 0 Å². The highest BCUT2D eigenvalue weighted by Crippen LogP contribution is 2.14. The fourth-order valence-corrected chi connectivity index (χ4v) is 1.63. The van der Waals surface area contributed by atoms with Crippen molar-refractivity contribution in [1.29, 1.82) is 0 Å². The Balaban J connectivity index is 2.43. The molecule has 0 saturated carbocycles. The van der Waals surface area contributed by atoms with Crippen molar-refractivity contribution in [2.75, 3.05) is 0 Å². The predicted octanol–water partition coefficient (Wildman–Crippen LogP) is 4.14. The quantitative estimate of drug-likeness (QED) is 0.609. The van der Waals surface area contributed by atoms with Gasteiger partial charge in [-0.1, -0.05) is 42.8 Å². The standard InChI is InChI=1S/C14H20/c1-4-5-6-13(3)11-14-9-7-12(2)8-10-14/h4,7-10,13H,1,5-6,11H2,2-3H3. The molecule has 1 aromatic rings. The van der Waals surface area contributed by atoms with Gasteiger partial charge < -0.3 is 0 Å². The van der Waals surface area contributed by atoms with Crippen LogP contribution in [0.3, 0.4) is 0 Å². The van der Waals surface area contributed by atoms with E-state index in [-0.39, 0.29) is 0 Å². The van der Waals surface area contributed by atoms with Gasteiger partial charge in [0.2, 0.25) is 0 Å². The Hall–Kier alpha value is -1.04. The largest absolute Gasteiger partial charge is 0.103 e. The van der Waals surface area contributed by atoms with Crippen molar-refractivity contribution in [3.8, 4) is 0 Å². The highest BCUT2D eigenvalue weighted by molar-refractivity contribution is 5.21. The summed E-state index contributed by atoms with van der Waals surface area (Å²) in [6.45, 7) is 8.19. The summed E-state index contributed by atoms with van der Waals surface area (Å²) >= 11 is 0. The first-order valence-electron chi connectivity index (χ1n) is 5.39. The predicted molar refractivity (Wildman–Crippen MR) is 63.5 cm³/mol. The van der Waals surface area contributed by atoms with Crippen LogP contribution in [-0.2, 0) is 6.42 Å². The van der Waals surface area contributed by atoms with Gasteiger partial charge in [-0.15, -0.1) is 6.58 Å². The van der Waals surface area contributed by atoms with Gasteiger partial charge in [-0.2, -0.15) is 0 Å². The summed E-state index contributed by atoms with van der Waals surface area (Å²) in [5.74, 6) is 0.760. The number of hydrogen-bond acceptors (Lipinski definition) is 0. The lowest BCUT2D eigenvalue weighted by Crippen LogP contribution is -1.99. The summed E-state index contributed by atoms with van der Waals surface area (Å²) < 4.78 is 0. The molecule has 0 radical (unpaired) electrons. The van der Waals surface area contributed by atoms with Crippen LogP contribution in [0, 0.1) is 12.8 Å². The van der Waals surface area contributed by atoms with Crippen LogP contribution in [0.25, 0.3) is 0 Å². The fraction of sp³-hybridized carbons (Fsp3) is 0.429. The van der Waals surface area contributed by atoms with Crippen LogP contribution in [0.15, 0.2) is 36.9 Å². The Kier molecular flexibility index (Phi) is 4.45. The Labute approximate surface area is 87.7 Å². The van der Waals surface area contributed by atoms with E-state index in [9.17, 15) is 0 Å². The molecule has 0 heteroatoms. The lowest BCUT2D eigenvalue weighted by Gasteiger charge is -2.09. The van der Waals surface area contributed by atoms with Gasteiger partial charge in [0, 0.05) is 0 Å². The third-order valence-electron chi connectivity index (χ3n) is 2.57. The molecule has 0 heterocycles. The molecule has 76 valence electrons. The maximum Gasteiger partial charge on any atom is -0.0253 e. The average molecular weight is 188 g/mol. The number of hydrogen-bond donors (Lipinski definition) is 0. The molecule has 0 saturated heterocycles. The van der Waals surface area contributed by atoms with Crippen molar-refractivity contribution in [2.45, 2.75) is 33.1 Å². The zero-order valence-corrected chi connectivity index (χ0v) is 9.29. The third-order valence-corrected chi connectivity index (χ3v) is 2.57. The molecule has 1 atom stereocenters. The molecule has 0 bridgehead atoms. The van der Waals surface area contributed by atoms with E-state index in [1.807, 2.05) is 6.08 Å². The van der Waals surface area contributed by atoms with Crippen molar-refractivity contribution >= 4 is 0 Å². The molecule has 14 heavy (non-hydrogen) atoms. The van der Waals surface area contributed by atoms with Crippen molar-refractivity contribution in [3.63, 3.8) is 0 Å². The van der Waals surface area contributed by atoms with Gasteiger partial charge in [0.15, 0.2) is 0 Å². The van der Waals surface area contributed by atoms with E-state index < -0.39 is 0 Å². The summed E-state index contributed by atoms with van der Waals surface area (Å²) in [7, 11) is 0. The number of benzene rings is 1. The first-order chi connectivity index (χ1) is 6.72. The van der Waals surface area contributed by atoms with Crippen LogP contribution in [0.4, 0.5) is 0 Å². The van der Waals surface area contributed by atoms with Crippen LogP contribution < -0.4 is 0 Å². The first-order valence-corrected chi connectivity index (χ1v) is 5.39. The van der Waals surface area contributed by atoms with Crippen molar-refractivity contribution < 1.29 is 0 Å². The third kappa shape index (κ3) is 3.78. The van der Waals surface area contributed by atoms with Crippen LogP contribution in [0.5, 0.6) is 0 Å². The minimum Gasteiger partial charge on any atom is -0.103 e. The van der Waals surface area contributed by atoms with Crippen LogP contribution in [0.2, 0.25) is 0 Å². The normalized spacial score (nSPS) is 12.4. The highest BCUT2D eigenvalue weighted by atomic mass is 14.1. The summed E-state index contributed by atoms with van der Waals surface area (Å²) in [6.07, 6.45) is 5.57. The van der Waals surface area contributed by atoms with E-state index in [0.717, 1.165) is 12.3 Å². The monoisotopic (exact) mass is 188 g/mol. The molecule has 0 aromatic heterocycles. The van der Waals surface area contributed by atoms with E-state index in [1.165, 1.54) is 24.0 Å². The van der Waals surface area contributed by atoms with E-state index in [0.29, 0.717) is 0 Å². The molecule has 0 aliphatic heterocycles. The molecular formula is C14H20. The minimum atomic E-state index is 0.760. The van der Waals surface area contributed by atoms with Crippen LogP contribution in [0.1, 0.15) is 30.9 Å². The molecule has 0 nitrogen and oxygen atoms in total. The Morgan fingerprint density at radius 2 is 1.93 bits per heavy atom. The number of allylic oxidation sites excluding steroid dienone is 1. The SMILES string of the molecule is C=CCCC(C)Cc1ccc(C)cc1. The molecule has 0 aliphatic carbocycles. The summed E-state index contributed by atoms with van der Waals surface area (Å²) in [5, 5.41) is 0. The second kappa shape index (κ2) is 5.64. The lowest BCUT2D eigenvalue weighted by atomic mass is 9.96. The zero-order valence-electron chi connectivity index (χ0n) is 9.29. The lowest BCUT2D eigenvalue weighted by molar-refractivity contribution is 0.536. The molecule has 0 spiro atoms. The highest BCUT2D eigenvalue weighted by Gasteiger charge is 2.01. The Bertz CT molecular complexity index is 269. The smallest absolute Gasteiger partial charge is 0.0253 e. The van der Waals surface area contributed by atoms with Gasteiger partial charge in [-0.3, -0.25) is 0 Å². The second-order valence-corrected chi connectivity index (χ2v) is 4.16. The topological polar surface area (TPSA) is 0 Å². The number of aryl methyl sites for hydroxylation is 1. The van der Waals surface area contributed by atoms with Crippen molar-refractivity contribution in [1.82, 2.24) is 0 Å². The molecular weight excluding hydrogens is 168 g/mol. The van der Waals surface area contributed by atoms with E-state index in [2.05, 4.69) is 44.7 Å². The van der Waals surface area contributed by atoms with Crippen LogP contribution in [-0.4, -0.2) is 0 Å². The Morgan fingerprint density at radius 3 is 2.50 bits per heavy atom. The first kappa shape index (κ1) is 11.0. The van der Waals surface area contributed by atoms with Gasteiger partial charge >= 0.3 is 0 Å². The van der Waals surface area contributed by atoms with Crippen molar-refractivity contribution in [2.24, 2.45) is 5.92 Å². The molecule has 1 unspecified atom stereocenters. The number of rotatable bonds is 5. The van der Waals surface area contributed by atoms with Gasteiger partial charge in [-0.05, 0) is 37.7 Å². The van der Waals surface area contributed by atoms with Gasteiger partial charge in [0.1, 0.15) is 0 Å². The molecule has 1 rings (SSSR count). The average Bonchev–Trinajstić information content (AvgIpc) is 2.18. The molecule has 0 fully saturated rings. The summed E-state index contributed by atoms with van der Waals surface area (Å²) in [6, 6.07) is 8.85. The van der Waals surface area contributed by atoms with E-state index in [1.54, 1.807) is 0 Å². The molecule has 0 amide bonds. The van der Waals surface area contributed by atoms with Gasteiger partial charge in [0.25, 0.3) is 0 Å². The van der Waals surface area contributed by atoms with E-state index >= 15 is 0 Å². The molecule has 0 aliphatic rings. The maximum atomic E-state index is 3.75. The van der Waals surface area contributed by atoms with E-state index in [4.69, 9.17) is 0 Å². The van der Waals surface area contributed by atoms with Crippen LogP contribution >= 0.6 is 0 Å². The Morgan fingerprint density at radius 1 is 1.29 bits per heavy atom. The summed E-state index contributed by atoms with van der Waals surface area (Å²) in [5.41, 5.74) is 2.79. The maximum absolute atomic E-state index is 3.75. The molecule has 0 N–H and O–H groups in total. The zero-order chi connectivity index (χ0) is 10.4. The fourth-order valence-electron chi connectivity index (χ4n) is 1.63. The van der Waals surface area contributed by atoms with Crippen molar-refractivity contribution in [3.05, 3.63) is 48.0 Å².